The van der Waals surface area contributed by atoms with Crippen LogP contribution in [0, 0.1) is 11.3 Å². The highest BCUT2D eigenvalue weighted by molar-refractivity contribution is 6.09. The normalized spacial score (nSPS) is 10.6. The largest absolute Gasteiger partial charge is 0.496 e. The summed E-state index contributed by atoms with van der Waals surface area (Å²) in [7, 11) is 1.60. The molecule has 0 aliphatic heterocycles. The molecule has 0 heterocycles. The Balaban J connectivity index is 2.19. The number of hydrogen-bond donors (Lipinski definition) is 1. The van der Waals surface area contributed by atoms with Crippen molar-refractivity contribution in [2.75, 3.05) is 19.0 Å². The van der Waals surface area contributed by atoms with Crippen LogP contribution >= 0.6 is 0 Å². The number of nitrogens with one attached hydrogen (secondary N) is 1. The summed E-state index contributed by atoms with van der Waals surface area (Å²) in [4.78, 5) is 12.4. The van der Waals surface area contributed by atoms with Gasteiger partial charge < -0.3 is 14.8 Å². The molecule has 0 spiro atoms. The summed E-state index contributed by atoms with van der Waals surface area (Å²) in [6.45, 7) is 6.21. The molecule has 0 saturated carbocycles. The Hall–Kier alpha value is -3.52. The molecule has 2 aromatic carbocycles. The number of benzene rings is 2. The number of carbonyl (C=O) groups excluding carboxylic acids is 1. The van der Waals surface area contributed by atoms with E-state index in [1.54, 1.807) is 49.6 Å². The molecule has 5 heteroatoms. The highest BCUT2D eigenvalue weighted by Crippen LogP contribution is 2.22. The lowest BCUT2D eigenvalue weighted by Crippen LogP contribution is -2.13. The second kappa shape index (κ2) is 9.83. The van der Waals surface area contributed by atoms with Gasteiger partial charge in [-0.1, -0.05) is 12.1 Å². The van der Waals surface area contributed by atoms with Crippen LogP contribution in [0.3, 0.4) is 0 Å². The standard InChI is InChI=1S/C22H22N2O3/c1-4-6-17-13-16(7-12-21(17)26-3)14-18(15-23)22(25)24-19-8-10-20(11-9-19)27-5-2/h4,7-14H,1,5-6H2,2-3H3,(H,24,25)/b18-14-. The van der Waals surface area contributed by atoms with Crippen molar-refractivity contribution in [1.29, 1.82) is 5.26 Å². The third-order valence-electron chi connectivity index (χ3n) is 3.77. The molecule has 0 bridgehead atoms. The van der Waals surface area contributed by atoms with Crippen LogP contribution in [0.1, 0.15) is 18.1 Å². The third kappa shape index (κ3) is 5.48. The molecule has 0 saturated heterocycles. The van der Waals surface area contributed by atoms with Crippen LogP contribution < -0.4 is 14.8 Å². The van der Waals surface area contributed by atoms with E-state index in [1.165, 1.54) is 0 Å². The number of hydrogen-bond acceptors (Lipinski definition) is 4. The highest BCUT2D eigenvalue weighted by atomic mass is 16.5. The van der Waals surface area contributed by atoms with Gasteiger partial charge in [0.05, 0.1) is 13.7 Å². The highest BCUT2D eigenvalue weighted by Gasteiger charge is 2.11. The van der Waals surface area contributed by atoms with E-state index in [2.05, 4.69) is 11.9 Å². The Kier molecular flexibility index (Phi) is 7.21. The maximum atomic E-state index is 12.4. The minimum Gasteiger partial charge on any atom is -0.496 e. The first kappa shape index (κ1) is 19.8. The molecule has 2 rings (SSSR count). The van der Waals surface area contributed by atoms with Crippen molar-refractivity contribution in [1.82, 2.24) is 0 Å². The number of nitrogens with zero attached hydrogens (tertiary/aromatic N) is 1. The summed E-state index contributed by atoms with van der Waals surface area (Å²) < 4.78 is 10.7. The molecule has 0 aliphatic rings. The summed E-state index contributed by atoms with van der Waals surface area (Å²) >= 11 is 0. The molecule has 0 atom stereocenters. The SMILES string of the molecule is C=CCc1cc(/C=C(/C#N)C(=O)Nc2ccc(OCC)cc2)ccc1OC. The van der Waals surface area contributed by atoms with Gasteiger partial charge in [-0.15, -0.1) is 6.58 Å². The molecule has 1 amide bonds. The minimum absolute atomic E-state index is 0.0126. The Morgan fingerprint density at radius 3 is 2.59 bits per heavy atom. The molecular weight excluding hydrogens is 340 g/mol. The van der Waals surface area contributed by atoms with Crippen LogP contribution in [0.4, 0.5) is 5.69 Å². The van der Waals surface area contributed by atoms with Crippen molar-refractivity contribution in [2.45, 2.75) is 13.3 Å². The summed E-state index contributed by atoms with van der Waals surface area (Å²) in [6.07, 6.45) is 3.95. The number of nitriles is 1. The van der Waals surface area contributed by atoms with Gasteiger partial charge in [-0.2, -0.15) is 5.26 Å². The van der Waals surface area contributed by atoms with E-state index < -0.39 is 5.91 Å². The molecule has 0 aliphatic carbocycles. The average molecular weight is 362 g/mol. The van der Waals surface area contributed by atoms with Crippen molar-refractivity contribution < 1.29 is 14.3 Å². The first-order chi connectivity index (χ1) is 13.1. The second-order valence-electron chi connectivity index (χ2n) is 5.65. The quantitative estimate of drug-likeness (QED) is 0.430. The van der Waals surface area contributed by atoms with Crippen molar-refractivity contribution in [3.8, 4) is 17.6 Å². The van der Waals surface area contributed by atoms with Gasteiger partial charge in [0, 0.05) is 5.69 Å². The van der Waals surface area contributed by atoms with E-state index in [4.69, 9.17) is 9.47 Å². The van der Waals surface area contributed by atoms with Gasteiger partial charge in [0.15, 0.2) is 0 Å². The zero-order valence-corrected chi connectivity index (χ0v) is 15.5. The summed E-state index contributed by atoms with van der Waals surface area (Å²) in [5, 5.41) is 12.1. The topological polar surface area (TPSA) is 71.4 Å². The van der Waals surface area contributed by atoms with E-state index in [1.807, 2.05) is 25.1 Å². The molecule has 0 aromatic heterocycles. The van der Waals surface area contributed by atoms with Gasteiger partial charge in [0.25, 0.3) is 5.91 Å². The van der Waals surface area contributed by atoms with E-state index >= 15 is 0 Å². The van der Waals surface area contributed by atoms with Gasteiger partial charge in [0.2, 0.25) is 0 Å². The fourth-order valence-corrected chi connectivity index (χ4v) is 2.52. The number of allylic oxidation sites excluding steroid dienone is 1. The zero-order chi connectivity index (χ0) is 19.6. The Morgan fingerprint density at radius 1 is 1.26 bits per heavy atom. The van der Waals surface area contributed by atoms with Crippen LogP contribution in [0.2, 0.25) is 0 Å². The number of rotatable bonds is 8. The smallest absolute Gasteiger partial charge is 0.266 e. The van der Waals surface area contributed by atoms with Crippen molar-refractivity contribution in [3.05, 3.63) is 71.8 Å². The van der Waals surface area contributed by atoms with E-state index in [-0.39, 0.29) is 5.57 Å². The average Bonchev–Trinajstić information content (AvgIpc) is 2.68. The lowest BCUT2D eigenvalue weighted by atomic mass is 10.0. The van der Waals surface area contributed by atoms with Crippen molar-refractivity contribution >= 4 is 17.7 Å². The van der Waals surface area contributed by atoms with Crippen LogP contribution in [-0.4, -0.2) is 19.6 Å². The first-order valence-corrected chi connectivity index (χ1v) is 8.55. The van der Waals surface area contributed by atoms with Crippen molar-refractivity contribution in [2.24, 2.45) is 0 Å². The summed E-state index contributed by atoms with van der Waals surface area (Å²) in [5.41, 5.74) is 2.28. The predicted octanol–water partition coefficient (Wildman–Crippen LogP) is 4.37. The fourth-order valence-electron chi connectivity index (χ4n) is 2.52. The molecule has 5 nitrogen and oxygen atoms in total. The number of carbonyl (C=O) groups is 1. The summed E-state index contributed by atoms with van der Waals surface area (Å²) in [6, 6.07) is 14.4. The maximum Gasteiger partial charge on any atom is 0.266 e. The van der Waals surface area contributed by atoms with Gasteiger partial charge in [-0.3, -0.25) is 4.79 Å². The molecule has 0 fully saturated rings. The molecule has 27 heavy (non-hydrogen) atoms. The zero-order valence-electron chi connectivity index (χ0n) is 15.5. The van der Waals surface area contributed by atoms with Gasteiger partial charge in [-0.05, 0) is 66.9 Å². The molecule has 0 radical (unpaired) electrons. The predicted molar refractivity (Wildman–Crippen MR) is 107 cm³/mol. The Morgan fingerprint density at radius 2 is 2.00 bits per heavy atom. The van der Waals surface area contributed by atoms with Crippen LogP contribution in [0.5, 0.6) is 11.5 Å². The van der Waals surface area contributed by atoms with Crippen molar-refractivity contribution in [3.63, 3.8) is 0 Å². The molecule has 0 unspecified atom stereocenters. The minimum atomic E-state index is -0.470. The number of anilines is 1. The van der Waals surface area contributed by atoms with Crippen LogP contribution in [0.25, 0.3) is 6.08 Å². The monoisotopic (exact) mass is 362 g/mol. The maximum absolute atomic E-state index is 12.4. The molecule has 138 valence electrons. The first-order valence-electron chi connectivity index (χ1n) is 8.55. The van der Waals surface area contributed by atoms with E-state index in [0.717, 1.165) is 22.6 Å². The lowest BCUT2D eigenvalue weighted by molar-refractivity contribution is -0.112. The second-order valence-corrected chi connectivity index (χ2v) is 5.65. The Bertz CT molecular complexity index is 877. The van der Waals surface area contributed by atoms with E-state index in [0.29, 0.717) is 18.7 Å². The van der Waals surface area contributed by atoms with Gasteiger partial charge in [-0.25, -0.2) is 0 Å². The molecule has 2 aromatic rings. The molecule has 1 N–H and O–H groups in total. The fraction of sp³-hybridized carbons (Fsp3) is 0.182. The van der Waals surface area contributed by atoms with E-state index in [9.17, 15) is 10.1 Å². The van der Waals surface area contributed by atoms with Crippen LogP contribution in [0.15, 0.2) is 60.7 Å². The van der Waals surface area contributed by atoms with Crippen LogP contribution in [-0.2, 0) is 11.2 Å². The number of methoxy groups -OCH3 is 1. The molecular formula is C22H22N2O3. The Labute approximate surface area is 159 Å². The number of amides is 1. The lowest BCUT2D eigenvalue weighted by Gasteiger charge is -2.09. The third-order valence-corrected chi connectivity index (χ3v) is 3.77. The number of ether oxygens (including phenoxy) is 2. The van der Waals surface area contributed by atoms with Gasteiger partial charge >= 0.3 is 0 Å². The summed E-state index contributed by atoms with van der Waals surface area (Å²) in [5.74, 6) is 0.992. The van der Waals surface area contributed by atoms with Gasteiger partial charge in [0.1, 0.15) is 23.1 Å².